The van der Waals surface area contributed by atoms with Crippen LogP contribution in [0.4, 0.5) is 14.9 Å². The van der Waals surface area contributed by atoms with Crippen molar-refractivity contribution in [3.63, 3.8) is 0 Å². The van der Waals surface area contributed by atoms with E-state index in [9.17, 15) is 17.6 Å². The van der Waals surface area contributed by atoms with Crippen LogP contribution >= 0.6 is 0 Å². The zero-order valence-corrected chi connectivity index (χ0v) is 13.0. The fraction of sp³-hybridized carbons (Fsp3) is 0.500. The smallest absolute Gasteiger partial charge is 0.411 e. The molecule has 0 radical (unpaired) electrons. The van der Waals surface area contributed by atoms with E-state index in [1.54, 1.807) is 0 Å². The molecule has 2 rings (SSSR count). The molecule has 0 spiro atoms. The molecule has 1 aliphatic rings. The molecule has 122 valence electrons. The van der Waals surface area contributed by atoms with E-state index < -0.39 is 16.1 Å². The molecule has 1 saturated carbocycles. The highest BCUT2D eigenvalue weighted by Crippen LogP contribution is 2.22. The third-order valence-electron chi connectivity index (χ3n) is 3.37. The lowest BCUT2D eigenvalue weighted by Gasteiger charge is -2.28. The van der Waals surface area contributed by atoms with E-state index in [1.165, 1.54) is 24.3 Å². The van der Waals surface area contributed by atoms with Gasteiger partial charge in [-0.05, 0) is 43.5 Å². The van der Waals surface area contributed by atoms with Gasteiger partial charge in [0.2, 0.25) is 10.0 Å². The molecule has 0 heterocycles. The Balaban J connectivity index is 1.84. The van der Waals surface area contributed by atoms with Crippen molar-refractivity contribution in [1.29, 1.82) is 0 Å². The molecular formula is C14H19FN2O4S. The van der Waals surface area contributed by atoms with Crippen LogP contribution in [0.5, 0.6) is 0 Å². The van der Waals surface area contributed by atoms with Gasteiger partial charge in [0.1, 0.15) is 11.9 Å². The molecule has 1 fully saturated rings. The number of carbonyl (C=O) groups is 1. The van der Waals surface area contributed by atoms with Gasteiger partial charge in [-0.3, -0.25) is 5.32 Å². The zero-order chi connectivity index (χ0) is 16.2. The summed E-state index contributed by atoms with van der Waals surface area (Å²) in [6.07, 6.45) is 2.79. The Kier molecular flexibility index (Phi) is 5.36. The first-order valence-electron chi connectivity index (χ1n) is 7.02. The topological polar surface area (TPSA) is 84.5 Å². The summed E-state index contributed by atoms with van der Waals surface area (Å²) in [5.74, 6) is -0.388. The monoisotopic (exact) mass is 330 g/mol. The lowest BCUT2D eigenvalue weighted by molar-refractivity contribution is 0.0793. The highest BCUT2D eigenvalue weighted by molar-refractivity contribution is 7.88. The number of hydrogen-bond donors (Lipinski definition) is 2. The second-order valence-corrected chi connectivity index (χ2v) is 7.19. The number of nitrogens with one attached hydrogen (secondary N) is 2. The lowest BCUT2D eigenvalue weighted by Crippen LogP contribution is -2.40. The van der Waals surface area contributed by atoms with Crippen LogP contribution in [0.3, 0.4) is 0 Å². The van der Waals surface area contributed by atoms with Gasteiger partial charge >= 0.3 is 6.09 Å². The normalized spacial score (nSPS) is 22.1. The van der Waals surface area contributed by atoms with Gasteiger partial charge in [0, 0.05) is 18.2 Å². The molecule has 2 unspecified atom stereocenters. The number of ether oxygens (including phenoxy) is 1. The number of amides is 1. The van der Waals surface area contributed by atoms with E-state index in [-0.39, 0.29) is 18.0 Å². The third-order valence-corrected chi connectivity index (χ3v) is 4.13. The average Bonchev–Trinajstić information content (AvgIpc) is 2.40. The van der Waals surface area contributed by atoms with Crippen LogP contribution in [0, 0.1) is 5.82 Å². The number of halogens is 1. The predicted molar refractivity (Wildman–Crippen MR) is 80.5 cm³/mol. The first-order chi connectivity index (χ1) is 10.3. The van der Waals surface area contributed by atoms with Crippen LogP contribution in [-0.4, -0.2) is 32.9 Å². The van der Waals surface area contributed by atoms with Gasteiger partial charge in [0.15, 0.2) is 0 Å². The Bertz CT molecular complexity index is 618. The molecule has 1 amide bonds. The molecule has 2 atom stereocenters. The van der Waals surface area contributed by atoms with Gasteiger partial charge in [0.05, 0.1) is 6.26 Å². The largest absolute Gasteiger partial charge is 0.446 e. The zero-order valence-electron chi connectivity index (χ0n) is 12.2. The van der Waals surface area contributed by atoms with Crippen molar-refractivity contribution < 1.29 is 22.3 Å². The van der Waals surface area contributed by atoms with E-state index in [0.29, 0.717) is 18.5 Å². The lowest BCUT2D eigenvalue weighted by atomic mass is 9.94. The fourth-order valence-corrected chi connectivity index (χ4v) is 3.31. The summed E-state index contributed by atoms with van der Waals surface area (Å²) in [5.41, 5.74) is 0.438. The number of rotatable bonds is 4. The van der Waals surface area contributed by atoms with Crippen molar-refractivity contribution in [3.05, 3.63) is 30.1 Å². The first-order valence-corrected chi connectivity index (χ1v) is 8.91. The number of hydrogen-bond acceptors (Lipinski definition) is 4. The van der Waals surface area contributed by atoms with Gasteiger partial charge in [-0.25, -0.2) is 22.3 Å². The number of benzene rings is 1. The summed E-state index contributed by atoms with van der Waals surface area (Å²) < 4.78 is 43.1. The Morgan fingerprint density at radius 3 is 2.59 bits per heavy atom. The van der Waals surface area contributed by atoms with Crippen molar-refractivity contribution in [3.8, 4) is 0 Å². The minimum Gasteiger partial charge on any atom is -0.446 e. The quantitative estimate of drug-likeness (QED) is 0.887. The van der Waals surface area contributed by atoms with Crippen molar-refractivity contribution in [1.82, 2.24) is 4.72 Å². The van der Waals surface area contributed by atoms with Crippen LogP contribution in [0.15, 0.2) is 24.3 Å². The predicted octanol–water partition coefficient (Wildman–Crippen LogP) is 2.23. The SMILES string of the molecule is CS(=O)(=O)NC1CCCC(OC(=O)Nc2ccc(F)cc2)C1. The Morgan fingerprint density at radius 2 is 1.95 bits per heavy atom. The fourth-order valence-electron chi connectivity index (χ4n) is 2.49. The Morgan fingerprint density at radius 1 is 1.27 bits per heavy atom. The standard InChI is InChI=1S/C14H19FN2O4S/c1-22(19,20)17-12-3-2-4-13(9-12)21-14(18)16-11-7-5-10(15)6-8-11/h5-8,12-13,17H,2-4,9H2,1H3,(H,16,18). The van der Waals surface area contributed by atoms with Crippen LogP contribution in [-0.2, 0) is 14.8 Å². The molecule has 22 heavy (non-hydrogen) atoms. The van der Waals surface area contributed by atoms with Gasteiger partial charge in [-0.15, -0.1) is 0 Å². The van der Waals surface area contributed by atoms with Crippen molar-refractivity contribution in [2.45, 2.75) is 37.8 Å². The molecule has 1 aromatic rings. The van der Waals surface area contributed by atoms with Crippen molar-refractivity contribution >= 4 is 21.8 Å². The molecule has 1 aliphatic carbocycles. The summed E-state index contributed by atoms with van der Waals surface area (Å²) in [6.45, 7) is 0. The maximum Gasteiger partial charge on any atom is 0.411 e. The molecule has 8 heteroatoms. The first kappa shape index (κ1) is 16.7. The van der Waals surface area contributed by atoms with Gasteiger partial charge < -0.3 is 4.74 Å². The van der Waals surface area contributed by atoms with Gasteiger partial charge in [-0.1, -0.05) is 0 Å². The van der Waals surface area contributed by atoms with E-state index in [2.05, 4.69) is 10.0 Å². The molecule has 2 N–H and O–H groups in total. The van der Waals surface area contributed by atoms with Crippen LogP contribution in [0.25, 0.3) is 0 Å². The summed E-state index contributed by atoms with van der Waals surface area (Å²) in [6, 6.07) is 5.13. The maximum atomic E-state index is 12.8. The number of sulfonamides is 1. The minimum atomic E-state index is -3.27. The third kappa shape index (κ3) is 5.61. The second kappa shape index (κ2) is 7.06. The highest BCUT2D eigenvalue weighted by Gasteiger charge is 2.26. The molecule has 6 nitrogen and oxygen atoms in total. The number of anilines is 1. The number of carbonyl (C=O) groups excluding carboxylic acids is 1. The van der Waals surface area contributed by atoms with E-state index in [0.717, 1.165) is 19.1 Å². The highest BCUT2D eigenvalue weighted by atomic mass is 32.2. The van der Waals surface area contributed by atoms with Crippen LogP contribution < -0.4 is 10.0 Å². The summed E-state index contributed by atoms with van der Waals surface area (Å²) >= 11 is 0. The molecule has 0 saturated heterocycles. The molecule has 0 aromatic heterocycles. The van der Waals surface area contributed by atoms with Crippen molar-refractivity contribution in [2.24, 2.45) is 0 Å². The van der Waals surface area contributed by atoms with E-state index >= 15 is 0 Å². The summed E-state index contributed by atoms with van der Waals surface area (Å²) in [5, 5.41) is 2.51. The molecule has 0 bridgehead atoms. The molecule has 0 aliphatic heterocycles. The molecular weight excluding hydrogens is 311 g/mol. The average molecular weight is 330 g/mol. The van der Waals surface area contributed by atoms with E-state index in [1.807, 2.05) is 0 Å². The summed E-state index contributed by atoms with van der Waals surface area (Å²) in [4.78, 5) is 11.8. The molecule has 1 aromatic carbocycles. The Hall–Kier alpha value is -1.67. The van der Waals surface area contributed by atoms with E-state index in [4.69, 9.17) is 4.74 Å². The second-order valence-electron chi connectivity index (χ2n) is 5.41. The van der Waals surface area contributed by atoms with Crippen LogP contribution in [0.1, 0.15) is 25.7 Å². The van der Waals surface area contributed by atoms with Crippen LogP contribution in [0.2, 0.25) is 0 Å². The van der Waals surface area contributed by atoms with Gasteiger partial charge in [0.25, 0.3) is 0 Å². The Labute approximate surface area is 129 Å². The van der Waals surface area contributed by atoms with Gasteiger partial charge in [-0.2, -0.15) is 0 Å². The van der Waals surface area contributed by atoms with Crippen molar-refractivity contribution in [2.75, 3.05) is 11.6 Å². The maximum absolute atomic E-state index is 12.8. The summed E-state index contributed by atoms with van der Waals surface area (Å²) in [7, 11) is -3.27. The minimum absolute atomic E-state index is 0.215.